The second-order valence-corrected chi connectivity index (χ2v) is 5.59. The van der Waals surface area contributed by atoms with E-state index < -0.39 is 0 Å². The van der Waals surface area contributed by atoms with E-state index in [0.717, 1.165) is 19.3 Å². The minimum absolute atomic E-state index is 0.111. The number of carbonyl (C=O) groups excluding carboxylic acids is 1. The molecule has 0 saturated heterocycles. The van der Waals surface area contributed by atoms with Gasteiger partial charge >= 0.3 is 0 Å². The van der Waals surface area contributed by atoms with Crippen LogP contribution in [0.4, 0.5) is 11.6 Å². The van der Waals surface area contributed by atoms with Crippen LogP contribution in [0.2, 0.25) is 10.0 Å². The second-order valence-electron chi connectivity index (χ2n) is 4.77. The minimum Gasteiger partial charge on any atom is -0.372 e. The second kappa shape index (κ2) is 6.99. The monoisotopic (exact) mass is 316 g/mol. The Morgan fingerprint density at radius 2 is 2.05 bits per heavy atom. The number of aromatic nitrogens is 1. The summed E-state index contributed by atoms with van der Waals surface area (Å²) in [6.45, 7) is 0.635. The Hall–Kier alpha value is -1.20. The minimum atomic E-state index is 0.111. The van der Waals surface area contributed by atoms with Crippen molar-refractivity contribution in [2.45, 2.75) is 31.7 Å². The highest BCUT2D eigenvalue weighted by Crippen LogP contribution is 2.28. The molecule has 0 radical (unpaired) electrons. The Morgan fingerprint density at radius 3 is 2.70 bits per heavy atom. The van der Waals surface area contributed by atoms with Crippen molar-refractivity contribution in [3.63, 3.8) is 0 Å². The third-order valence-corrected chi connectivity index (χ3v) is 3.56. The molecule has 1 aliphatic rings. The molecule has 1 aromatic heterocycles. The largest absolute Gasteiger partial charge is 0.372 e. The molecule has 1 saturated carbocycles. The van der Waals surface area contributed by atoms with Crippen molar-refractivity contribution in [2.24, 2.45) is 0 Å². The summed E-state index contributed by atoms with van der Waals surface area (Å²) in [5.41, 5.74) is 0. The molecule has 0 unspecified atom stereocenters. The van der Waals surface area contributed by atoms with Crippen LogP contribution in [0.5, 0.6) is 0 Å². The highest BCUT2D eigenvalue weighted by molar-refractivity contribution is 6.37. The zero-order chi connectivity index (χ0) is 14.5. The lowest BCUT2D eigenvalue weighted by atomic mass is 10.3. The Balaban J connectivity index is 1.76. The van der Waals surface area contributed by atoms with Crippen molar-refractivity contribution in [3.8, 4) is 0 Å². The first-order valence-corrected chi connectivity index (χ1v) is 7.42. The van der Waals surface area contributed by atoms with E-state index in [1.54, 1.807) is 13.1 Å². The molecule has 20 heavy (non-hydrogen) atoms. The van der Waals surface area contributed by atoms with Gasteiger partial charge in [-0.05, 0) is 25.3 Å². The quantitative estimate of drug-likeness (QED) is 0.677. The van der Waals surface area contributed by atoms with E-state index in [9.17, 15) is 4.79 Å². The number of halogens is 2. The van der Waals surface area contributed by atoms with Crippen LogP contribution in [0.1, 0.15) is 25.7 Å². The predicted molar refractivity (Wildman–Crippen MR) is 82.7 cm³/mol. The highest BCUT2D eigenvalue weighted by Gasteiger charge is 2.22. The maximum absolute atomic E-state index is 11.5. The molecule has 1 aliphatic carbocycles. The van der Waals surface area contributed by atoms with Gasteiger partial charge in [0.2, 0.25) is 5.91 Å². The van der Waals surface area contributed by atoms with Crippen LogP contribution in [0.3, 0.4) is 0 Å². The third kappa shape index (κ3) is 4.42. The number of hydrogen-bond donors (Lipinski definition) is 3. The molecule has 7 heteroatoms. The molecule has 3 N–H and O–H groups in total. The van der Waals surface area contributed by atoms with Crippen LogP contribution in [0.25, 0.3) is 0 Å². The van der Waals surface area contributed by atoms with E-state index in [1.165, 1.54) is 0 Å². The molecule has 0 spiro atoms. The molecular weight excluding hydrogens is 299 g/mol. The molecule has 0 bridgehead atoms. The number of rotatable bonds is 7. The van der Waals surface area contributed by atoms with Crippen molar-refractivity contribution < 1.29 is 4.79 Å². The van der Waals surface area contributed by atoms with Gasteiger partial charge in [-0.1, -0.05) is 23.2 Å². The van der Waals surface area contributed by atoms with Gasteiger partial charge in [0.15, 0.2) is 0 Å². The van der Waals surface area contributed by atoms with Crippen LogP contribution in [-0.2, 0) is 4.79 Å². The average molecular weight is 317 g/mol. The molecule has 110 valence electrons. The lowest BCUT2D eigenvalue weighted by Crippen LogP contribution is -2.25. The molecule has 0 aromatic carbocycles. The molecule has 5 nitrogen and oxygen atoms in total. The summed E-state index contributed by atoms with van der Waals surface area (Å²) >= 11 is 12.0. The van der Waals surface area contributed by atoms with E-state index in [0.29, 0.717) is 40.7 Å². The van der Waals surface area contributed by atoms with Crippen LogP contribution in [0, 0.1) is 0 Å². The maximum atomic E-state index is 11.5. The lowest BCUT2D eigenvalue weighted by molar-refractivity contribution is -0.121. The lowest BCUT2D eigenvalue weighted by Gasteiger charge is -2.10. The van der Waals surface area contributed by atoms with Gasteiger partial charge in [-0.3, -0.25) is 4.79 Å². The summed E-state index contributed by atoms with van der Waals surface area (Å²) in [5.74, 6) is 1.26. The van der Waals surface area contributed by atoms with Crippen LogP contribution in [0.15, 0.2) is 6.07 Å². The first-order valence-electron chi connectivity index (χ1n) is 6.67. The van der Waals surface area contributed by atoms with Gasteiger partial charge in [-0.15, -0.1) is 0 Å². The van der Waals surface area contributed by atoms with Crippen molar-refractivity contribution in [1.29, 1.82) is 0 Å². The smallest absolute Gasteiger partial charge is 0.220 e. The number of carbonyl (C=O) groups is 1. The van der Waals surface area contributed by atoms with Crippen LogP contribution < -0.4 is 16.0 Å². The predicted octanol–water partition coefficient (Wildman–Crippen LogP) is 2.90. The summed E-state index contributed by atoms with van der Waals surface area (Å²) in [7, 11) is 1.74. The number of anilines is 2. The molecule has 1 heterocycles. The van der Waals surface area contributed by atoms with E-state index in [4.69, 9.17) is 23.2 Å². The Bertz CT molecular complexity index is 492. The van der Waals surface area contributed by atoms with Crippen molar-refractivity contribution in [2.75, 3.05) is 24.2 Å². The Labute approximate surface area is 128 Å². The number of amides is 1. The van der Waals surface area contributed by atoms with E-state index in [2.05, 4.69) is 20.9 Å². The summed E-state index contributed by atoms with van der Waals surface area (Å²) in [5, 5.41) is 9.91. The molecule has 1 amide bonds. The number of nitrogens with one attached hydrogen (secondary N) is 3. The summed E-state index contributed by atoms with van der Waals surface area (Å²) in [6, 6.07) is 2.06. The fraction of sp³-hybridized carbons (Fsp3) is 0.538. The van der Waals surface area contributed by atoms with Crippen molar-refractivity contribution >= 4 is 40.7 Å². The standard InChI is InChI=1S/C13H18Cl2N4O/c1-16-12-9(14)7-10(15)13(19-12)17-6-2-3-11(20)18-8-4-5-8/h7-8H,2-6H2,1H3,(H,18,20)(H2,16,17,19). The van der Waals surface area contributed by atoms with Crippen LogP contribution >= 0.6 is 23.2 Å². The first kappa shape index (κ1) is 15.2. The van der Waals surface area contributed by atoms with Crippen molar-refractivity contribution in [1.82, 2.24) is 10.3 Å². The number of pyridine rings is 1. The Morgan fingerprint density at radius 1 is 1.35 bits per heavy atom. The SMILES string of the molecule is CNc1nc(NCCCC(=O)NC2CC2)c(Cl)cc1Cl. The third-order valence-electron chi connectivity index (χ3n) is 2.98. The average Bonchev–Trinajstić information content (AvgIpc) is 3.20. The summed E-state index contributed by atoms with van der Waals surface area (Å²) in [4.78, 5) is 15.8. The zero-order valence-corrected chi connectivity index (χ0v) is 12.8. The van der Waals surface area contributed by atoms with Gasteiger partial charge in [0.25, 0.3) is 0 Å². The molecule has 1 fully saturated rings. The Kier molecular flexibility index (Phi) is 5.31. The van der Waals surface area contributed by atoms with Gasteiger partial charge in [0, 0.05) is 26.1 Å². The maximum Gasteiger partial charge on any atom is 0.220 e. The molecule has 1 aromatic rings. The summed E-state index contributed by atoms with van der Waals surface area (Å²) in [6.07, 6.45) is 3.46. The van der Waals surface area contributed by atoms with Crippen LogP contribution in [-0.4, -0.2) is 30.5 Å². The highest BCUT2D eigenvalue weighted by atomic mass is 35.5. The van der Waals surface area contributed by atoms with Gasteiger partial charge < -0.3 is 16.0 Å². The molecular formula is C13H18Cl2N4O. The number of hydrogen-bond acceptors (Lipinski definition) is 4. The molecule has 0 atom stereocenters. The fourth-order valence-electron chi connectivity index (χ4n) is 1.75. The van der Waals surface area contributed by atoms with Gasteiger partial charge in [0.1, 0.15) is 11.6 Å². The topological polar surface area (TPSA) is 66.0 Å². The fourth-order valence-corrected chi connectivity index (χ4v) is 2.27. The zero-order valence-electron chi connectivity index (χ0n) is 11.3. The number of nitrogens with zero attached hydrogens (tertiary/aromatic N) is 1. The van der Waals surface area contributed by atoms with E-state index >= 15 is 0 Å². The van der Waals surface area contributed by atoms with E-state index in [1.807, 2.05) is 0 Å². The summed E-state index contributed by atoms with van der Waals surface area (Å²) < 4.78 is 0. The van der Waals surface area contributed by atoms with Gasteiger partial charge in [0.05, 0.1) is 10.0 Å². The van der Waals surface area contributed by atoms with Gasteiger partial charge in [-0.25, -0.2) is 4.98 Å². The normalized spacial score (nSPS) is 13.9. The van der Waals surface area contributed by atoms with Crippen molar-refractivity contribution in [3.05, 3.63) is 16.1 Å². The van der Waals surface area contributed by atoms with E-state index in [-0.39, 0.29) is 5.91 Å². The van der Waals surface area contributed by atoms with Gasteiger partial charge in [-0.2, -0.15) is 0 Å². The first-order chi connectivity index (χ1) is 9.60. The molecule has 2 rings (SSSR count). The molecule has 0 aliphatic heterocycles.